The first-order valence-corrected chi connectivity index (χ1v) is 6.74. The maximum absolute atomic E-state index is 13.0. The highest BCUT2D eigenvalue weighted by Gasteiger charge is 2.23. The third-order valence-electron chi connectivity index (χ3n) is 3.84. The number of rotatable bonds is 5. The fourth-order valence-electron chi connectivity index (χ4n) is 2.70. The van der Waals surface area contributed by atoms with Crippen molar-refractivity contribution < 1.29 is 14.3 Å². The average molecular weight is 265 g/mol. The van der Waals surface area contributed by atoms with Crippen LogP contribution in [0, 0.1) is 18.7 Å². The Labute approximate surface area is 113 Å². The fourth-order valence-corrected chi connectivity index (χ4v) is 2.70. The molecule has 1 atom stereocenters. The molecule has 1 aromatic rings. The zero-order valence-electron chi connectivity index (χ0n) is 11.2. The van der Waals surface area contributed by atoms with Gasteiger partial charge in [-0.05, 0) is 55.5 Å². The number of aryl methyl sites for hydroxylation is 1. The summed E-state index contributed by atoms with van der Waals surface area (Å²) in [4.78, 5) is 12.9. The first-order valence-electron chi connectivity index (χ1n) is 6.74. The first kappa shape index (κ1) is 14.0. The summed E-state index contributed by atoms with van der Waals surface area (Å²) in [5.74, 6) is -0.424. The summed E-state index contributed by atoms with van der Waals surface area (Å²) < 4.78 is 13.0. The fraction of sp³-hybridized carbons (Fsp3) is 0.533. The molecule has 0 aromatic heterocycles. The molecule has 0 amide bonds. The van der Waals surface area contributed by atoms with Crippen LogP contribution in [0.3, 0.4) is 0 Å². The van der Waals surface area contributed by atoms with Gasteiger partial charge in [0.25, 0.3) is 0 Å². The molecule has 1 fully saturated rings. The van der Waals surface area contributed by atoms with E-state index in [-0.39, 0.29) is 12.2 Å². The summed E-state index contributed by atoms with van der Waals surface area (Å²) in [6, 6.07) is 4.91. The van der Waals surface area contributed by atoms with E-state index in [0.29, 0.717) is 5.92 Å². The van der Waals surface area contributed by atoms with E-state index in [9.17, 15) is 9.18 Å². The van der Waals surface area contributed by atoms with Crippen LogP contribution >= 0.6 is 0 Å². The topological polar surface area (TPSA) is 40.5 Å². The lowest BCUT2D eigenvalue weighted by molar-refractivity contribution is -0.137. The molecule has 2 rings (SSSR count). The third kappa shape index (κ3) is 4.03. The Bertz CT molecular complexity index is 461. The summed E-state index contributed by atoms with van der Waals surface area (Å²) in [5, 5.41) is 8.69. The number of aliphatic carboxylic acids is 1. The molecule has 1 aromatic carbocycles. The molecule has 0 bridgehead atoms. The summed E-state index contributed by atoms with van der Waals surface area (Å²) in [7, 11) is 0. The van der Waals surface area contributed by atoms with Gasteiger partial charge in [-0.15, -0.1) is 0 Å². The molecular weight excluding hydrogens is 245 g/mol. The lowest BCUT2D eigenvalue weighted by atomic mass is 10.0. The molecule has 1 aliphatic heterocycles. The molecule has 19 heavy (non-hydrogen) atoms. The van der Waals surface area contributed by atoms with E-state index >= 15 is 0 Å². The van der Waals surface area contributed by atoms with E-state index in [1.807, 2.05) is 13.0 Å². The molecule has 3 nitrogen and oxygen atoms in total. The van der Waals surface area contributed by atoms with Crippen LogP contribution in [-0.4, -0.2) is 29.1 Å². The van der Waals surface area contributed by atoms with Gasteiger partial charge in [-0.1, -0.05) is 6.07 Å². The van der Waals surface area contributed by atoms with Gasteiger partial charge < -0.3 is 5.11 Å². The number of hydrogen-bond acceptors (Lipinski definition) is 2. The normalized spacial score (nSPS) is 19.8. The maximum atomic E-state index is 13.0. The maximum Gasteiger partial charge on any atom is 0.303 e. The summed E-state index contributed by atoms with van der Waals surface area (Å²) in [6.45, 7) is 4.71. The number of carbonyl (C=O) groups is 1. The van der Waals surface area contributed by atoms with Crippen LogP contribution < -0.4 is 0 Å². The zero-order valence-corrected chi connectivity index (χ0v) is 11.2. The van der Waals surface area contributed by atoms with Gasteiger partial charge in [0.05, 0.1) is 0 Å². The van der Waals surface area contributed by atoms with Crippen LogP contribution in [0.15, 0.2) is 18.2 Å². The van der Waals surface area contributed by atoms with Gasteiger partial charge in [-0.25, -0.2) is 4.39 Å². The second-order valence-corrected chi connectivity index (χ2v) is 5.39. The summed E-state index contributed by atoms with van der Waals surface area (Å²) in [5.41, 5.74) is 2.13. The van der Waals surface area contributed by atoms with Crippen LogP contribution in [0.25, 0.3) is 0 Å². The second kappa shape index (κ2) is 6.15. The molecule has 4 heteroatoms. The van der Waals surface area contributed by atoms with Gasteiger partial charge in [0, 0.05) is 19.5 Å². The minimum Gasteiger partial charge on any atom is -0.481 e. The van der Waals surface area contributed by atoms with Crippen molar-refractivity contribution in [3.63, 3.8) is 0 Å². The minimum atomic E-state index is -0.715. The van der Waals surface area contributed by atoms with Crippen LogP contribution in [0.2, 0.25) is 0 Å². The number of likely N-dealkylation sites (tertiary alicyclic amines) is 1. The lowest BCUT2D eigenvalue weighted by Crippen LogP contribution is -2.20. The Morgan fingerprint density at radius 2 is 2.32 bits per heavy atom. The van der Waals surface area contributed by atoms with Crippen molar-refractivity contribution in [3.8, 4) is 0 Å². The zero-order chi connectivity index (χ0) is 13.8. The van der Waals surface area contributed by atoms with Crippen LogP contribution in [-0.2, 0) is 11.3 Å². The van der Waals surface area contributed by atoms with Crippen LogP contribution in [0.4, 0.5) is 4.39 Å². The number of nitrogens with zero attached hydrogens (tertiary/aromatic N) is 1. The minimum absolute atomic E-state index is 0.193. The van der Waals surface area contributed by atoms with Gasteiger partial charge in [0.2, 0.25) is 0 Å². The number of hydrogen-bond donors (Lipinski definition) is 1. The largest absolute Gasteiger partial charge is 0.481 e. The van der Waals surface area contributed by atoms with E-state index in [1.165, 1.54) is 6.07 Å². The predicted octanol–water partition coefficient (Wildman–Crippen LogP) is 2.82. The van der Waals surface area contributed by atoms with Gasteiger partial charge in [0.1, 0.15) is 5.82 Å². The molecule has 0 saturated carbocycles. The molecule has 1 N–H and O–H groups in total. The molecule has 1 unspecified atom stereocenters. The van der Waals surface area contributed by atoms with Gasteiger partial charge in [-0.2, -0.15) is 0 Å². The van der Waals surface area contributed by atoms with Gasteiger partial charge in [-0.3, -0.25) is 9.69 Å². The predicted molar refractivity (Wildman–Crippen MR) is 71.4 cm³/mol. The van der Waals surface area contributed by atoms with Crippen LogP contribution in [0.5, 0.6) is 0 Å². The molecule has 1 heterocycles. The van der Waals surface area contributed by atoms with Crippen molar-refractivity contribution >= 4 is 5.97 Å². The molecule has 0 spiro atoms. The van der Waals surface area contributed by atoms with E-state index in [2.05, 4.69) is 4.90 Å². The monoisotopic (exact) mass is 265 g/mol. The Morgan fingerprint density at radius 3 is 3.00 bits per heavy atom. The Kier molecular flexibility index (Phi) is 4.53. The highest BCUT2D eigenvalue weighted by molar-refractivity contribution is 5.66. The molecule has 104 valence electrons. The van der Waals surface area contributed by atoms with E-state index in [0.717, 1.165) is 43.6 Å². The summed E-state index contributed by atoms with van der Waals surface area (Å²) in [6.07, 6.45) is 2.08. The third-order valence-corrected chi connectivity index (χ3v) is 3.84. The Hall–Kier alpha value is -1.42. The highest BCUT2D eigenvalue weighted by atomic mass is 19.1. The Morgan fingerprint density at radius 1 is 1.53 bits per heavy atom. The molecule has 1 aliphatic rings. The van der Waals surface area contributed by atoms with Crippen molar-refractivity contribution in [3.05, 3.63) is 35.1 Å². The molecular formula is C15H20FNO2. The molecule has 0 radical (unpaired) electrons. The van der Waals surface area contributed by atoms with Crippen molar-refractivity contribution in [2.45, 2.75) is 32.7 Å². The quantitative estimate of drug-likeness (QED) is 0.890. The number of benzene rings is 1. The lowest BCUT2D eigenvalue weighted by Gasteiger charge is -2.17. The summed E-state index contributed by atoms with van der Waals surface area (Å²) >= 11 is 0. The molecule has 0 aliphatic carbocycles. The SMILES string of the molecule is Cc1cc(F)ccc1CN1CCC(CCC(=O)O)C1. The van der Waals surface area contributed by atoms with Crippen LogP contribution in [0.1, 0.15) is 30.4 Å². The van der Waals surface area contributed by atoms with Crippen molar-refractivity contribution in [1.82, 2.24) is 4.90 Å². The van der Waals surface area contributed by atoms with Crippen molar-refractivity contribution in [1.29, 1.82) is 0 Å². The number of halogens is 1. The van der Waals surface area contributed by atoms with Gasteiger partial charge >= 0.3 is 5.97 Å². The average Bonchev–Trinajstić information content (AvgIpc) is 2.78. The number of carboxylic acid groups (broad SMARTS) is 1. The van der Waals surface area contributed by atoms with E-state index in [4.69, 9.17) is 5.11 Å². The smallest absolute Gasteiger partial charge is 0.303 e. The standard InChI is InChI=1S/C15H20FNO2/c1-11-8-14(16)4-3-13(11)10-17-7-6-12(9-17)2-5-15(18)19/h3-4,8,12H,2,5-7,9-10H2,1H3,(H,18,19). The first-order chi connectivity index (χ1) is 9.04. The highest BCUT2D eigenvalue weighted by Crippen LogP contribution is 2.23. The van der Waals surface area contributed by atoms with Crippen molar-refractivity contribution in [2.75, 3.05) is 13.1 Å². The van der Waals surface area contributed by atoms with E-state index < -0.39 is 5.97 Å². The number of carboxylic acids is 1. The second-order valence-electron chi connectivity index (χ2n) is 5.39. The Balaban J connectivity index is 1.86. The van der Waals surface area contributed by atoms with Crippen molar-refractivity contribution in [2.24, 2.45) is 5.92 Å². The van der Waals surface area contributed by atoms with E-state index in [1.54, 1.807) is 6.07 Å². The molecule has 1 saturated heterocycles. The van der Waals surface area contributed by atoms with Gasteiger partial charge in [0.15, 0.2) is 0 Å².